The molecule has 1 heterocycles. The number of aliphatic hydroxyl groups excluding tert-OH is 1. The van der Waals surface area contributed by atoms with Crippen molar-refractivity contribution in [1.29, 1.82) is 0 Å². The average molecular weight is 753 g/mol. The van der Waals surface area contributed by atoms with Crippen LogP contribution in [0.1, 0.15) is 92.9 Å². The summed E-state index contributed by atoms with van der Waals surface area (Å²) in [6.07, 6.45) is 3.29. The van der Waals surface area contributed by atoms with Crippen molar-refractivity contribution in [2.75, 3.05) is 0 Å². The monoisotopic (exact) mass is 753 g/mol. The molecule has 0 bridgehead atoms. The number of hydrogen-bond donors (Lipinski definition) is 1. The summed E-state index contributed by atoms with van der Waals surface area (Å²) in [5.74, 6) is 0.104. The van der Waals surface area contributed by atoms with Crippen LogP contribution < -0.4 is 0 Å². The minimum absolute atomic E-state index is 0. The molecule has 0 aliphatic heterocycles. The number of benzene rings is 3. The molecule has 1 radical (unpaired) electrons. The maximum atomic E-state index is 11.5. The third kappa shape index (κ3) is 7.03. The van der Waals surface area contributed by atoms with Crippen molar-refractivity contribution in [3.63, 3.8) is 0 Å². The molecule has 4 heteroatoms. The number of aromatic nitrogens is 1. The number of carbonyl (C=O) groups is 1. The van der Waals surface area contributed by atoms with Gasteiger partial charge in [0.15, 0.2) is 5.78 Å². The third-order valence-corrected chi connectivity index (χ3v) is 8.15. The standard InChI is InChI=1S/C28H26N.C11H20O2.Ir/c1-27(2,3)20-11-8-10-19(17-20)26-25-22(15-16-29-26)24-21-12-7-6-9-18(21)13-14-23(24)28(25,4)5;1-10(2,3)8(12)7-9(13)11(4,5)6;/h6-9,11-17H,1-5H3;7,12H,1-6H3;/q-1;;/b;8-7-;. The molecule has 1 aliphatic carbocycles. The van der Waals surface area contributed by atoms with Gasteiger partial charge < -0.3 is 10.1 Å². The van der Waals surface area contributed by atoms with Gasteiger partial charge in [-0.05, 0) is 50.2 Å². The number of fused-ring (bicyclic) bond motifs is 5. The van der Waals surface area contributed by atoms with E-state index in [0.29, 0.717) is 0 Å². The Labute approximate surface area is 272 Å². The van der Waals surface area contributed by atoms with Crippen LogP contribution in [-0.4, -0.2) is 15.9 Å². The van der Waals surface area contributed by atoms with E-state index in [9.17, 15) is 9.90 Å². The van der Waals surface area contributed by atoms with E-state index < -0.39 is 5.41 Å². The summed E-state index contributed by atoms with van der Waals surface area (Å²) in [6, 6.07) is 25.4. The van der Waals surface area contributed by atoms with Crippen LogP contribution in [0.4, 0.5) is 0 Å². The second-order valence-corrected chi connectivity index (χ2v) is 15.1. The first-order chi connectivity index (χ1) is 19.3. The summed E-state index contributed by atoms with van der Waals surface area (Å²) >= 11 is 0. The van der Waals surface area contributed by atoms with Crippen LogP contribution in [0, 0.1) is 16.9 Å². The van der Waals surface area contributed by atoms with Gasteiger partial charge >= 0.3 is 0 Å². The van der Waals surface area contributed by atoms with Crippen molar-refractivity contribution in [3.8, 4) is 22.4 Å². The summed E-state index contributed by atoms with van der Waals surface area (Å²) < 4.78 is 0. The Hall–Kier alpha value is -3.07. The van der Waals surface area contributed by atoms with Crippen molar-refractivity contribution in [2.45, 2.75) is 87.0 Å². The van der Waals surface area contributed by atoms with Gasteiger partial charge in [0.2, 0.25) is 0 Å². The first-order valence-corrected chi connectivity index (χ1v) is 14.8. The van der Waals surface area contributed by atoms with Gasteiger partial charge in [-0.15, -0.1) is 35.4 Å². The summed E-state index contributed by atoms with van der Waals surface area (Å²) in [6.45, 7) is 22.5. The van der Waals surface area contributed by atoms with Gasteiger partial charge in [0, 0.05) is 48.6 Å². The Morgan fingerprint density at radius 2 is 1.53 bits per heavy atom. The molecule has 0 fully saturated rings. The fraction of sp³-hybridized carbons (Fsp3) is 0.385. The summed E-state index contributed by atoms with van der Waals surface area (Å²) in [7, 11) is 0. The predicted octanol–water partition coefficient (Wildman–Crippen LogP) is 10.4. The van der Waals surface area contributed by atoms with Gasteiger partial charge in [-0.2, -0.15) is 0 Å². The van der Waals surface area contributed by atoms with Crippen molar-refractivity contribution in [1.82, 2.24) is 4.98 Å². The van der Waals surface area contributed by atoms with Crippen LogP contribution in [0.3, 0.4) is 0 Å². The van der Waals surface area contributed by atoms with Gasteiger partial charge in [0.1, 0.15) is 5.76 Å². The number of rotatable bonds is 2. The molecule has 229 valence electrons. The summed E-state index contributed by atoms with van der Waals surface area (Å²) in [5.41, 5.74) is 8.03. The Kier molecular flexibility index (Phi) is 9.72. The molecule has 5 rings (SSSR count). The second kappa shape index (κ2) is 12.1. The molecule has 0 amide bonds. The molecule has 3 aromatic carbocycles. The van der Waals surface area contributed by atoms with Crippen LogP contribution in [0.5, 0.6) is 0 Å². The summed E-state index contributed by atoms with van der Waals surface area (Å²) in [5, 5.41) is 12.2. The molecule has 1 aliphatic rings. The van der Waals surface area contributed by atoms with Crippen molar-refractivity contribution < 1.29 is 30.0 Å². The van der Waals surface area contributed by atoms with E-state index in [1.54, 1.807) is 0 Å². The normalized spacial score (nSPS) is 14.3. The Balaban J connectivity index is 0.000000310. The molecule has 0 saturated carbocycles. The van der Waals surface area contributed by atoms with Crippen molar-refractivity contribution >= 4 is 16.6 Å². The minimum Gasteiger partial charge on any atom is -0.512 e. The number of allylic oxidation sites excluding steroid dienone is 2. The summed E-state index contributed by atoms with van der Waals surface area (Å²) in [4.78, 5) is 16.4. The van der Waals surface area contributed by atoms with Gasteiger partial charge in [-0.3, -0.25) is 4.79 Å². The molecule has 1 N–H and O–H groups in total. The van der Waals surface area contributed by atoms with Gasteiger partial charge in [-0.1, -0.05) is 113 Å². The fourth-order valence-electron chi connectivity index (χ4n) is 5.35. The van der Waals surface area contributed by atoms with E-state index in [2.05, 4.69) is 95.3 Å². The number of aliphatic hydroxyl groups is 1. The number of carbonyl (C=O) groups excluding carboxylic acids is 1. The van der Waals surface area contributed by atoms with Crippen LogP contribution in [0.25, 0.3) is 33.2 Å². The molecule has 43 heavy (non-hydrogen) atoms. The van der Waals surface area contributed by atoms with Crippen LogP contribution in [0.2, 0.25) is 0 Å². The molecule has 0 unspecified atom stereocenters. The SMILES string of the molecule is CC(C)(C)C(=O)/C=C(\O)C(C)(C)C.CC(C)(C)c1cc[c-]c(-c2nccc3c2C(C)(C)c2ccc4ccccc4c2-3)c1.[Ir]. The number of nitrogens with zero attached hydrogens (tertiary/aromatic N) is 1. The predicted molar refractivity (Wildman–Crippen MR) is 177 cm³/mol. The zero-order valence-corrected chi connectivity index (χ0v) is 30.0. The Morgan fingerprint density at radius 1 is 0.884 bits per heavy atom. The number of pyridine rings is 1. The molecular weight excluding hydrogens is 707 g/mol. The third-order valence-electron chi connectivity index (χ3n) is 8.15. The van der Waals surface area contributed by atoms with Crippen molar-refractivity contribution in [3.05, 3.63) is 101 Å². The molecule has 0 atom stereocenters. The smallest absolute Gasteiger partial charge is 0.164 e. The zero-order valence-electron chi connectivity index (χ0n) is 27.6. The second-order valence-electron chi connectivity index (χ2n) is 15.1. The Morgan fingerprint density at radius 3 is 2.14 bits per heavy atom. The van der Waals surface area contributed by atoms with Crippen LogP contribution in [-0.2, 0) is 35.7 Å². The van der Waals surface area contributed by atoms with E-state index in [1.165, 1.54) is 44.7 Å². The Bertz CT molecular complexity index is 1670. The number of ketones is 1. The van der Waals surface area contributed by atoms with Gasteiger partial charge in [-0.25, -0.2) is 0 Å². The molecule has 3 nitrogen and oxygen atoms in total. The molecule has 4 aromatic rings. The van der Waals surface area contributed by atoms with E-state index >= 15 is 0 Å². The van der Waals surface area contributed by atoms with Crippen LogP contribution >= 0.6 is 0 Å². The number of hydrogen-bond acceptors (Lipinski definition) is 3. The van der Waals surface area contributed by atoms with E-state index in [-0.39, 0.29) is 47.9 Å². The molecular formula is C39H46IrNO2-. The largest absolute Gasteiger partial charge is 0.512 e. The minimum atomic E-state index is -0.417. The van der Waals surface area contributed by atoms with E-state index in [4.69, 9.17) is 4.98 Å². The molecule has 0 spiro atoms. The van der Waals surface area contributed by atoms with Gasteiger partial charge in [0.05, 0.1) is 0 Å². The first kappa shape index (κ1) is 34.4. The van der Waals surface area contributed by atoms with Crippen LogP contribution in [0.15, 0.2) is 78.7 Å². The topological polar surface area (TPSA) is 50.2 Å². The quantitative estimate of drug-likeness (QED) is 0.126. The zero-order chi connectivity index (χ0) is 31.3. The first-order valence-electron chi connectivity index (χ1n) is 14.8. The van der Waals surface area contributed by atoms with E-state index in [1.807, 2.05) is 53.8 Å². The van der Waals surface area contributed by atoms with Crippen molar-refractivity contribution in [2.24, 2.45) is 10.8 Å². The maximum absolute atomic E-state index is 11.5. The molecule has 0 saturated heterocycles. The van der Waals surface area contributed by atoms with E-state index in [0.717, 1.165) is 11.3 Å². The maximum Gasteiger partial charge on any atom is 0.164 e. The van der Waals surface area contributed by atoms with Gasteiger partial charge in [0.25, 0.3) is 0 Å². The molecule has 1 aromatic heterocycles. The average Bonchev–Trinajstić information content (AvgIpc) is 3.14. The fourth-order valence-corrected chi connectivity index (χ4v) is 5.35.